The van der Waals surface area contributed by atoms with Gasteiger partial charge in [-0.3, -0.25) is 0 Å². The van der Waals surface area contributed by atoms with E-state index in [9.17, 15) is 9.59 Å². The van der Waals surface area contributed by atoms with Gasteiger partial charge in [0.1, 0.15) is 5.58 Å². The number of carbonyl (C=O) groups excluding carboxylic acids is 1. The number of carbonyl (C=O) groups is 1. The van der Waals surface area contributed by atoms with Gasteiger partial charge in [-0.25, -0.2) is 9.59 Å². The van der Waals surface area contributed by atoms with Crippen LogP contribution in [0.3, 0.4) is 0 Å². The fraction of sp³-hybridized carbons (Fsp3) is 0.111. The minimum absolute atomic E-state index is 0.227. The topological polar surface area (TPSA) is 68.5 Å². The first-order valence-corrected chi connectivity index (χ1v) is 10.5. The summed E-state index contributed by atoms with van der Waals surface area (Å²) in [4.78, 5) is 26.5. The lowest BCUT2D eigenvalue weighted by Gasteiger charge is -2.31. The molecular formula is C27H21NO4. The number of nitrogens with one attached hydrogen (secondary N) is 1. The second kappa shape index (κ2) is 8.19. The minimum atomic E-state index is -0.637. The summed E-state index contributed by atoms with van der Waals surface area (Å²) in [5, 5.41) is 4.18. The quantitative estimate of drug-likeness (QED) is 0.355. The third-order valence-corrected chi connectivity index (χ3v) is 5.64. The van der Waals surface area contributed by atoms with Gasteiger partial charge in [0.2, 0.25) is 0 Å². The Labute approximate surface area is 185 Å². The molecule has 5 nitrogen and oxygen atoms in total. The number of para-hydroxylation sites is 1. The molecule has 1 aliphatic rings. The molecule has 4 aromatic rings. The van der Waals surface area contributed by atoms with Crippen molar-refractivity contribution in [3.05, 3.63) is 118 Å². The Morgan fingerprint density at radius 3 is 2.31 bits per heavy atom. The first-order chi connectivity index (χ1) is 15.7. The van der Waals surface area contributed by atoms with Crippen molar-refractivity contribution >= 4 is 28.3 Å². The van der Waals surface area contributed by atoms with Crippen LogP contribution in [0.5, 0.6) is 0 Å². The fourth-order valence-corrected chi connectivity index (χ4v) is 4.28. The van der Waals surface area contributed by atoms with Crippen LogP contribution in [0.25, 0.3) is 16.7 Å². The van der Waals surface area contributed by atoms with E-state index in [1.54, 1.807) is 13.0 Å². The normalized spacial score (nSPS) is 15.2. The van der Waals surface area contributed by atoms with Crippen LogP contribution in [0.1, 0.15) is 29.5 Å². The molecule has 0 aliphatic carbocycles. The molecule has 158 valence electrons. The summed E-state index contributed by atoms with van der Waals surface area (Å²) in [6, 6.07) is 26.5. The molecule has 0 fully saturated rings. The van der Waals surface area contributed by atoms with Crippen molar-refractivity contribution in [2.45, 2.75) is 12.8 Å². The average molecular weight is 423 g/mol. The van der Waals surface area contributed by atoms with Gasteiger partial charge in [0, 0.05) is 5.39 Å². The van der Waals surface area contributed by atoms with Crippen LogP contribution in [0, 0.1) is 0 Å². The first kappa shape index (κ1) is 19.8. The summed E-state index contributed by atoms with van der Waals surface area (Å²) < 4.78 is 11.1. The molecule has 0 saturated heterocycles. The van der Waals surface area contributed by atoms with Gasteiger partial charge in [-0.2, -0.15) is 0 Å². The lowest BCUT2D eigenvalue weighted by Crippen LogP contribution is -2.29. The zero-order chi connectivity index (χ0) is 22.1. The lowest BCUT2D eigenvalue weighted by atomic mass is 9.79. The van der Waals surface area contributed by atoms with Crippen molar-refractivity contribution in [3.8, 4) is 0 Å². The molecule has 0 radical (unpaired) electrons. The highest BCUT2D eigenvalue weighted by Gasteiger charge is 2.38. The Morgan fingerprint density at radius 2 is 1.59 bits per heavy atom. The predicted octanol–water partition coefficient (Wildman–Crippen LogP) is 5.32. The minimum Gasteiger partial charge on any atom is -0.463 e. The van der Waals surface area contributed by atoms with Crippen molar-refractivity contribution < 1.29 is 13.9 Å². The van der Waals surface area contributed by atoms with E-state index in [0.717, 1.165) is 16.5 Å². The molecule has 5 heteroatoms. The molecule has 1 atom stereocenters. The Hall–Kier alpha value is -4.12. The molecule has 5 rings (SSSR count). The molecule has 0 spiro atoms. The predicted molar refractivity (Wildman–Crippen MR) is 124 cm³/mol. The number of benzene rings is 3. The van der Waals surface area contributed by atoms with Gasteiger partial charge in [-0.05, 0) is 30.2 Å². The average Bonchev–Trinajstić information content (AvgIpc) is 2.84. The second-order valence-electron chi connectivity index (χ2n) is 7.52. The Kier molecular flexibility index (Phi) is 5.07. The molecular weight excluding hydrogens is 402 g/mol. The maximum Gasteiger partial charge on any atom is 0.342 e. The van der Waals surface area contributed by atoms with Gasteiger partial charge >= 0.3 is 11.6 Å². The number of ether oxygens (including phenoxy) is 1. The van der Waals surface area contributed by atoms with E-state index in [0.29, 0.717) is 28.1 Å². The zero-order valence-corrected chi connectivity index (χ0v) is 17.5. The third-order valence-electron chi connectivity index (χ3n) is 5.64. The van der Waals surface area contributed by atoms with Gasteiger partial charge in [0.15, 0.2) is 0 Å². The summed E-state index contributed by atoms with van der Waals surface area (Å²) in [7, 11) is 0. The molecule has 0 saturated carbocycles. The molecule has 2 heterocycles. The molecule has 3 aromatic carbocycles. The van der Waals surface area contributed by atoms with Crippen LogP contribution in [0.15, 0.2) is 99.7 Å². The van der Waals surface area contributed by atoms with Crippen LogP contribution < -0.4 is 10.9 Å². The largest absolute Gasteiger partial charge is 0.463 e. The summed E-state index contributed by atoms with van der Waals surface area (Å²) in [5.74, 6) is -1.10. The Balaban J connectivity index is 1.89. The smallest absolute Gasteiger partial charge is 0.342 e. The van der Waals surface area contributed by atoms with E-state index >= 15 is 0 Å². The zero-order valence-electron chi connectivity index (χ0n) is 17.5. The number of hydrogen-bond donors (Lipinski definition) is 1. The Bertz CT molecular complexity index is 1390. The summed E-state index contributed by atoms with van der Waals surface area (Å²) in [5.41, 5.74) is 3.72. The molecule has 1 N–H and O–H groups in total. The van der Waals surface area contributed by atoms with E-state index in [-0.39, 0.29) is 6.61 Å². The summed E-state index contributed by atoms with van der Waals surface area (Å²) in [6.07, 6.45) is 0. The van der Waals surface area contributed by atoms with E-state index in [1.165, 1.54) is 0 Å². The second-order valence-corrected chi connectivity index (χ2v) is 7.52. The SMILES string of the molecule is CCOC(=O)C1=C(c2ccccc2)Nc2c(c(=O)oc3ccccc23)C1c1ccccc1. The van der Waals surface area contributed by atoms with Crippen molar-refractivity contribution in [1.82, 2.24) is 0 Å². The molecule has 0 bridgehead atoms. The Morgan fingerprint density at radius 1 is 0.938 bits per heavy atom. The number of rotatable bonds is 4. The van der Waals surface area contributed by atoms with Gasteiger partial charge in [0.05, 0.1) is 35.0 Å². The lowest BCUT2D eigenvalue weighted by molar-refractivity contribution is -0.138. The van der Waals surface area contributed by atoms with E-state index in [4.69, 9.17) is 9.15 Å². The highest BCUT2D eigenvalue weighted by atomic mass is 16.5. The molecule has 1 unspecified atom stereocenters. The van der Waals surface area contributed by atoms with Crippen LogP contribution in [-0.4, -0.2) is 12.6 Å². The standard InChI is InChI=1S/C27H21NO4/c1-2-31-26(29)22-21(17-11-5-3-6-12-17)23-25(28-24(22)18-13-7-4-8-14-18)19-15-9-10-16-20(19)32-27(23)30/h3-16,21,28H,2H2,1H3. The van der Waals surface area contributed by atoms with E-state index < -0.39 is 17.5 Å². The highest BCUT2D eigenvalue weighted by molar-refractivity contribution is 6.08. The van der Waals surface area contributed by atoms with Gasteiger partial charge < -0.3 is 14.5 Å². The van der Waals surface area contributed by atoms with Crippen molar-refractivity contribution in [3.63, 3.8) is 0 Å². The summed E-state index contributed by atoms with van der Waals surface area (Å²) in [6.45, 7) is 2.00. The maximum atomic E-state index is 13.3. The highest BCUT2D eigenvalue weighted by Crippen LogP contribution is 2.45. The van der Waals surface area contributed by atoms with Gasteiger partial charge in [0.25, 0.3) is 0 Å². The van der Waals surface area contributed by atoms with Gasteiger partial charge in [-0.1, -0.05) is 72.8 Å². The van der Waals surface area contributed by atoms with Crippen molar-refractivity contribution in [2.75, 3.05) is 11.9 Å². The van der Waals surface area contributed by atoms with E-state index in [2.05, 4.69) is 5.32 Å². The number of esters is 1. The van der Waals surface area contributed by atoms with Crippen LogP contribution in [0.2, 0.25) is 0 Å². The fourth-order valence-electron chi connectivity index (χ4n) is 4.28. The molecule has 32 heavy (non-hydrogen) atoms. The van der Waals surface area contributed by atoms with Crippen molar-refractivity contribution in [1.29, 1.82) is 0 Å². The third kappa shape index (κ3) is 3.28. The molecule has 1 aromatic heterocycles. The summed E-state index contributed by atoms with van der Waals surface area (Å²) >= 11 is 0. The van der Waals surface area contributed by atoms with E-state index in [1.807, 2.05) is 78.9 Å². The number of fused-ring (bicyclic) bond motifs is 3. The van der Waals surface area contributed by atoms with Gasteiger partial charge in [-0.15, -0.1) is 0 Å². The van der Waals surface area contributed by atoms with Crippen LogP contribution >= 0.6 is 0 Å². The number of anilines is 1. The molecule has 0 amide bonds. The molecule has 1 aliphatic heterocycles. The monoisotopic (exact) mass is 423 g/mol. The van der Waals surface area contributed by atoms with Crippen molar-refractivity contribution in [2.24, 2.45) is 0 Å². The van der Waals surface area contributed by atoms with Crippen LogP contribution in [0.4, 0.5) is 5.69 Å². The number of hydrogen-bond acceptors (Lipinski definition) is 5. The first-order valence-electron chi connectivity index (χ1n) is 10.5. The van der Waals surface area contributed by atoms with Crippen LogP contribution in [-0.2, 0) is 9.53 Å². The maximum absolute atomic E-state index is 13.3.